The lowest BCUT2D eigenvalue weighted by molar-refractivity contribution is -0.339. The van der Waals surface area contributed by atoms with Crippen LogP contribution in [0.4, 0.5) is 0 Å². The first-order chi connectivity index (χ1) is 17.7. The van der Waals surface area contributed by atoms with E-state index in [2.05, 4.69) is 6.58 Å². The fourth-order valence-electron chi connectivity index (χ4n) is 6.97. The topological polar surface area (TPSA) is 83.8 Å². The van der Waals surface area contributed by atoms with Crippen molar-refractivity contribution in [3.05, 3.63) is 76.9 Å². The van der Waals surface area contributed by atoms with E-state index in [1.54, 1.807) is 24.3 Å². The van der Waals surface area contributed by atoms with Crippen molar-refractivity contribution < 1.29 is 24.5 Å². The number of ketones is 2. The van der Waals surface area contributed by atoms with Gasteiger partial charge in [-0.3, -0.25) is 9.59 Å². The van der Waals surface area contributed by atoms with Gasteiger partial charge in [-0.2, -0.15) is 0 Å². The van der Waals surface area contributed by atoms with Crippen LogP contribution in [0.2, 0.25) is 0 Å². The Morgan fingerprint density at radius 3 is 2.11 bits per heavy atom. The molecule has 0 aromatic heterocycles. The fourth-order valence-corrected chi connectivity index (χ4v) is 6.97. The molecule has 0 spiro atoms. The van der Waals surface area contributed by atoms with E-state index < -0.39 is 33.8 Å². The molecule has 2 bridgehead atoms. The number of aliphatic hydroxyl groups excluding tert-OH is 1. The summed E-state index contributed by atoms with van der Waals surface area (Å²) in [4.78, 5) is 29.2. The second-order valence-corrected chi connectivity index (χ2v) is 12.5. The molecule has 3 fully saturated rings. The molecule has 2 aliphatic heterocycles. The highest BCUT2D eigenvalue weighted by molar-refractivity contribution is 6.30. The van der Waals surface area contributed by atoms with Crippen molar-refractivity contribution in [3.8, 4) is 0 Å². The van der Waals surface area contributed by atoms with Crippen molar-refractivity contribution in [3.63, 3.8) is 0 Å². The average Bonchev–Trinajstić information content (AvgIpc) is 3.08. The van der Waals surface area contributed by atoms with Crippen molar-refractivity contribution in [2.45, 2.75) is 91.5 Å². The number of carbonyl (C=O) groups is 2. The Balaban J connectivity index is 2.04. The monoisotopic (exact) mass is 518 g/mol. The summed E-state index contributed by atoms with van der Waals surface area (Å²) in [6.07, 6.45) is 6.49. The summed E-state index contributed by atoms with van der Waals surface area (Å²) < 4.78 is 6.65. The minimum Gasteiger partial charge on any atom is -0.506 e. The van der Waals surface area contributed by atoms with Crippen LogP contribution in [0.15, 0.2) is 71.4 Å². The third-order valence-electron chi connectivity index (χ3n) is 9.03. The van der Waals surface area contributed by atoms with Crippen LogP contribution in [-0.2, 0) is 14.3 Å². The maximum Gasteiger partial charge on any atom is 0.193 e. The minimum absolute atomic E-state index is 0.0754. The molecular weight excluding hydrogens is 476 g/mol. The number of Topliss-reactive ketones (excluding diaryl/α,β-unsaturated/α-hetero) is 2. The largest absolute Gasteiger partial charge is 0.506 e. The fraction of sp³-hybridized carbons (Fsp3) is 0.515. The number of benzene rings is 1. The van der Waals surface area contributed by atoms with Gasteiger partial charge < -0.3 is 14.9 Å². The molecule has 0 radical (unpaired) electrons. The highest BCUT2D eigenvalue weighted by Gasteiger charge is 2.82. The van der Waals surface area contributed by atoms with Crippen LogP contribution in [0.5, 0.6) is 0 Å². The highest BCUT2D eigenvalue weighted by Crippen LogP contribution is 2.72. The van der Waals surface area contributed by atoms with E-state index >= 15 is 0 Å². The third kappa shape index (κ3) is 4.15. The predicted octanol–water partition coefficient (Wildman–Crippen LogP) is 7.04. The van der Waals surface area contributed by atoms with Gasteiger partial charge in [0.15, 0.2) is 17.4 Å². The zero-order chi connectivity index (χ0) is 28.1. The molecule has 2 saturated heterocycles. The Kier molecular flexibility index (Phi) is 7.26. The second-order valence-electron chi connectivity index (χ2n) is 12.5. The number of hydrogen-bond donors (Lipinski definition) is 2. The van der Waals surface area contributed by atoms with Crippen LogP contribution in [0.3, 0.4) is 0 Å². The van der Waals surface area contributed by atoms with Crippen LogP contribution < -0.4 is 0 Å². The molecule has 1 aromatic rings. The molecule has 1 aliphatic carbocycles. The Hall–Kier alpha value is -2.76. The molecule has 0 amide bonds. The van der Waals surface area contributed by atoms with Crippen LogP contribution in [0, 0.1) is 16.7 Å². The first-order valence-electron chi connectivity index (χ1n) is 13.6. The van der Waals surface area contributed by atoms with E-state index in [0.717, 1.165) is 29.6 Å². The van der Waals surface area contributed by atoms with Gasteiger partial charge in [-0.05, 0) is 86.0 Å². The van der Waals surface area contributed by atoms with Gasteiger partial charge >= 0.3 is 0 Å². The molecule has 2 heterocycles. The third-order valence-corrected chi connectivity index (χ3v) is 9.03. The van der Waals surface area contributed by atoms with Crippen LogP contribution in [0.1, 0.15) is 85.6 Å². The van der Waals surface area contributed by atoms with E-state index in [0.29, 0.717) is 12.0 Å². The van der Waals surface area contributed by atoms with E-state index in [1.807, 2.05) is 59.8 Å². The zero-order valence-electron chi connectivity index (χ0n) is 23.7. The van der Waals surface area contributed by atoms with Crippen LogP contribution >= 0.6 is 0 Å². The van der Waals surface area contributed by atoms with E-state index in [1.165, 1.54) is 0 Å². The second kappa shape index (κ2) is 9.77. The van der Waals surface area contributed by atoms with Crippen molar-refractivity contribution in [1.29, 1.82) is 0 Å². The standard InChI is InChI=1S/C33H42O5/c1-21(2)13-14-25-19-31(17-15-22(3)4)28(35)26(27(34)24-11-9-8-10-12-24)29(36)32(18-16-23(5)6)20-30(25,7)38-33(31,32)37/h8-12,15-16,25,34,37H,1,13-14,17-20H2,2-7H3/t25-,30+,31-,32+,33-/m1/s1. The van der Waals surface area contributed by atoms with Gasteiger partial charge in [0.25, 0.3) is 0 Å². The van der Waals surface area contributed by atoms with Crippen LogP contribution in [0.25, 0.3) is 5.76 Å². The highest BCUT2D eigenvalue weighted by atomic mass is 16.7. The molecule has 1 aromatic carbocycles. The zero-order valence-corrected chi connectivity index (χ0v) is 23.7. The maximum atomic E-state index is 14.6. The summed E-state index contributed by atoms with van der Waals surface area (Å²) in [5.74, 6) is -3.45. The van der Waals surface area contributed by atoms with Crippen molar-refractivity contribution in [2.75, 3.05) is 0 Å². The van der Waals surface area contributed by atoms with Crippen molar-refractivity contribution in [2.24, 2.45) is 16.7 Å². The number of carbonyl (C=O) groups excluding carboxylic acids is 2. The molecule has 5 nitrogen and oxygen atoms in total. The van der Waals surface area contributed by atoms with Gasteiger partial charge in [-0.15, -0.1) is 6.58 Å². The van der Waals surface area contributed by atoms with E-state index in [9.17, 15) is 19.8 Å². The van der Waals surface area contributed by atoms with Gasteiger partial charge in [0.1, 0.15) is 11.3 Å². The first kappa shape index (κ1) is 28.3. The molecule has 2 N–H and O–H groups in total. The van der Waals surface area contributed by atoms with Crippen LogP contribution in [-0.4, -0.2) is 33.2 Å². The molecule has 5 atom stereocenters. The molecule has 3 aliphatic rings. The first-order valence-corrected chi connectivity index (χ1v) is 13.6. The maximum absolute atomic E-state index is 14.6. The van der Waals surface area contributed by atoms with Crippen molar-refractivity contribution >= 4 is 17.3 Å². The van der Waals surface area contributed by atoms with Gasteiger partial charge in [-0.25, -0.2) is 0 Å². The summed E-state index contributed by atoms with van der Waals surface area (Å²) in [5.41, 5.74) is -0.378. The van der Waals surface area contributed by atoms with Gasteiger partial charge in [0.05, 0.1) is 16.4 Å². The summed E-state index contributed by atoms with van der Waals surface area (Å²) in [6, 6.07) is 8.72. The predicted molar refractivity (Wildman–Crippen MR) is 150 cm³/mol. The lowest BCUT2D eigenvalue weighted by Crippen LogP contribution is -2.70. The number of aliphatic hydroxyl groups is 2. The quantitative estimate of drug-likeness (QED) is 0.167. The van der Waals surface area contributed by atoms with Gasteiger partial charge in [0.2, 0.25) is 0 Å². The molecule has 0 unspecified atom stereocenters. The lowest BCUT2D eigenvalue weighted by atomic mass is 9.51. The molecule has 204 valence electrons. The van der Waals surface area contributed by atoms with Gasteiger partial charge in [-0.1, -0.05) is 59.2 Å². The van der Waals surface area contributed by atoms with E-state index in [4.69, 9.17) is 4.74 Å². The Morgan fingerprint density at radius 2 is 1.55 bits per heavy atom. The van der Waals surface area contributed by atoms with E-state index in [-0.39, 0.29) is 36.5 Å². The SMILES string of the molecule is C=C(C)CC[C@@H]1C[C@]2(CC=C(C)C)C(=O)C(=C(O)c3ccccc3)C(=O)[C@]3(CC=C(C)C)C[C@]1(C)O[C@@]32O. The normalized spacial score (nSPS) is 35.1. The molecule has 1 saturated carbocycles. The van der Waals surface area contributed by atoms with Crippen molar-refractivity contribution in [1.82, 2.24) is 0 Å². The smallest absolute Gasteiger partial charge is 0.193 e. The summed E-state index contributed by atoms with van der Waals surface area (Å²) >= 11 is 0. The molecule has 4 rings (SSSR count). The number of rotatable bonds is 8. The summed E-state index contributed by atoms with van der Waals surface area (Å²) in [7, 11) is 0. The Labute approximate surface area is 227 Å². The average molecular weight is 519 g/mol. The number of fused-ring (bicyclic) bond motifs is 1. The molecule has 38 heavy (non-hydrogen) atoms. The summed E-state index contributed by atoms with van der Waals surface area (Å²) in [6.45, 7) is 15.8. The number of hydrogen-bond acceptors (Lipinski definition) is 5. The molecule has 5 heteroatoms. The minimum atomic E-state index is -2.00. The lowest BCUT2D eigenvalue weighted by Gasteiger charge is -2.58. The Bertz CT molecular complexity index is 1250. The Morgan fingerprint density at radius 1 is 1.00 bits per heavy atom. The number of ether oxygens (including phenoxy) is 1. The molecular formula is C33H42O5. The van der Waals surface area contributed by atoms with Gasteiger partial charge in [0, 0.05) is 5.56 Å². The summed E-state index contributed by atoms with van der Waals surface area (Å²) in [5, 5.41) is 24.1. The number of allylic oxidation sites excluding steroid dienone is 6.